The third-order valence-electron chi connectivity index (χ3n) is 6.42. The van der Waals surface area contributed by atoms with Crippen LogP contribution in [0.1, 0.15) is 58.4 Å². The minimum Gasteiger partial charge on any atom is -0.460 e. The normalized spacial score (nSPS) is 18.2. The fourth-order valence-electron chi connectivity index (χ4n) is 4.42. The molecule has 1 aliphatic heterocycles. The van der Waals surface area contributed by atoms with Crippen LogP contribution in [-0.4, -0.2) is 71.6 Å². The van der Waals surface area contributed by atoms with Crippen LogP contribution in [0.15, 0.2) is 43.0 Å². The van der Waals surface area contributed by atoms with Crippen molar-refractivity contribution in [2.45, 2.75) is 83.2 Å². The van der Waals surface area contributed by atoms with Crippen LogP contribution in [0.5, 0.6) is 0 Å². The number of rotatable bonds is 12. The molecule has 1 aromatic rings. The number of hydrogen-bond acceptors (Lipinski definition) is 8. The van der Waals surface area contributed by atoms with E-state index < -0.39 is 60.0 Å². The molecule has 1 aromatic carbocycles. The van der Waals surface area contributed by atoms with Crippen molar-refractivity contribution in [2.24, 2.45) is 5.92 Å². The van der Waals surface area contributed by atoms with E-state index in [1.807, 2.05) is 6.07 Å². The Morgan fingerprint density at radius 2 is 1.75 bits per heavy atom. The molecule has 0 radical (unpaired) electrons. The molecule has 1 saturated carbocycles. The zero-order chi connectivity index (χ0) is 29.3. The molecule has 1 unspecified atom stereocenters. The van der Waals surface area contributed by atoms with E-state index in [-0.39, 0.29) is 19.1 Å². The van der Waals surface area contributed by atoms with Gasteiger partial charge < -0.3 is 29.7 Å². The van der Waals surface area contributed by atoms with E-state index >= 15 is 0 Å². The fourth-order valence-corrected chi connectivity index (χ4v) is 4.42. The number of nitrogens with zero attached hydrogens (tertiary/aromatic N) is 1. The van der Waals surface area contributed by atoms with Gasteiger partial charge in [0.25, 0.3) is 0 Å². The monoisotopic (exact) mass is 557 g/mol. The Kier molecular flexibility index (Phi) is 10.7. The lowest BCUT2D eigenvalue weighted by Gasteiger charge is -2.29. The summed E-state index contributed by atoms with van der Waals surface area (Å²) in [6.07, 6.45) is 2.62. The molecule has 0 spiro atoms. The second kappa shape index (κ2) is 14.0. The summed E-state index contributed by atoms with van der Waals surface area (Å²) in [7, 11) is 0. The number of nitrogens with one attached hydrogen (secondary N) is 2. The van der Waals surface area contributed by atoms with Crippen molar-refractivity contribution < 1.29 is 38.2 Å². The first-order valence-electron chi connectivity index (χ1n) is 13.6. The first-order valence-corrected chi connectivity index (χ1v) is 13.6. The number of benzene rings is 1. The summed E-state index contributed by atoms with van der Waals surface area (Å²) in [4.78, 5) is 66.1. The zero-order valence-corrected chi connectivity index (χ0v) is 23.4. The smallest absolute Gasteiger partial charge is 0.408 e. The van der Waals surface area contributed by atoms with Gasteiger partial charge in [0.05, 0.1) is 6.42 Å². The lowest BCUT2D eigenvalue weighted by atomic mass is 10.1. The molecule has 11 heteroatoms. The number of esters is 2. The van der Waals surface area contributed by atoms with Crippen LogP contribution in [0, 0.1) is 5.92 Å². The molecule has 2 fully saturated rings. The number of ether oxygens (including phenoxy) is 3. The predicted molar refractivity (Wildman–Crippen MR) is 145 cm³/mol. The molecule has 0 bridgehead atoms. The highest BCUT2D eigenvalue weighted by atomic mass is 16.6. The number of likely N-dealkylation sites (tertiary alicyclic amines) is 1. The molecule has 218 valence electrons. The predicted octanol–water partition coefficient (Wildman–Crippen LogP) is 2.63. The fraction of sp³-hybridized carbons (Fsp3) is 0.552. The molecule has 0 aromatic heterocycles. The summed E-state index contributed by atoms with van der Waals surface area (Å²) in [5.41, 5.74) is -0.0550. The maximum Gasteiger partial charge on any atom is 0.408 e. The molecule has 1 heterocycles. The van der Waals surface area contributed by atoms with E-state index in [0.29, 0.717) is 19.4 Å². The van der Waals surface area contributed by atoms with E-state index in [4.69, 9.17) is 14.2 Å². The van der Waals surface area contributed by atoms with Crippen molar-refractivity contribution >= 4 is 29.8 Å². The van der Waals surface area contributed by atoms with Crippen LogP contribution >= 0.6 is 0 Å². The number of hydrogen-bond donors (Lipinski definition) is 2. The zero-order valence-electron chi connectivity index (χ0n) is 23.4. The largest absolute Gasteiger partial charge is 0.460 e. The van der Waals surface area contributed by atoms with E-state index in [1.54, 1.807) is 45.0 Å². The highest BCUT2D eigenvalue weighted by Crippen LogP contribution is 2.35. The molecule has 3 atom stereocenters. The number of alkyl carbamates (subject to hydrolysis) is 1. The molecule has 1 aliphatic carbocycles. The summed E-state index contributed by atoms with van der Waals surface area (Å²) in [5.74, 6) is -2.45. The molecule has 1 saturated heterocycles. The quantitative estimate of drug-likeness (QED) is 0.227. The minimum absolute atomic E-state index is 0.0328. The summed E-state index contributed by atoms with van der Waals surface area (Å²) < 4.78 is 15.8. The van der Waals surface area contributed by atoms with E-state index in [1.165, 1.54) is 11.0 Å². The topological polar surface area (TPSA) is 140 Å². The average Bonchev–Trinajstić information content (AvgIpc) is 3.62. The van der Waals surface area contributed by atoms with Crippen LogP contribution in [0.2, 0.25) is 0 Å². The van der Waals surface area contributed by atoms with E-state index in [2.05, 4.69) is 17.2 Å². The van der Waals surface area contributed by atoms with Gasteiger partial charge in [-0.3, -0.25) is 14.4 Å². The van der Waals surface area contributed by atoms with Gasteiger partial charge in [0.15, 0.2) is 0 Å². The van der Waals surface area contributed by atoms with Gasteiger partial charge in [0.2, 0.25) is 11.8 Å². The molecule has 40 heavy (non-hydrogen) atoms. The molecule has 3 rings (SSSR count). The summed E-state index contributed by atoms with van der Waals surface area (Å²) in [6, 6.07) is 5.99. The highest BCUT2D eigenvalue weighted by molar-refractivity contribution is 5.95. The van der Waals surface area contributed by atoms with Gasteiger partial charge in [0.1, 0.15) is 36.9 Å². The summed E-state index contributed by atoms with van der Waals surface area (Å²) >= 11 is 0. The van der Waals surface area contributed by atoms with Crippen molar-refractivity contribution in [1.29, 1.82) is 0 Å². The molecule has 2 N–H and O–H groups in total. The van der Waals surface area contributed by atoms with Crippen LogP contribution < -0.4 is 10.6 Å². The minimum atomic E-state index is -1.35. The first kappa shape index (κ1) is 30.6. The maximum atomic E-state index is 13.5. The second-order valence-electron chi connectivity index (χ2n) is 11.0. The van der Waals surface area contributed by atoms with Gasteiger partial charge in [-0.15, -0.1) is 0 Å². The van der Waals surface area contributed by atoms with Crippen molar-refractivity contribution in [3.8, 4) is 0 Å². The Balaban J connectivity index is 1.70. The average molecular weight is 558 g/mol. The molecular formula is C29H39N3O8. The standard InChI is InChI=1S/C29H39N3O8/c1-5-16-38-27(36)22-12-9-15-32(22)26(35)24(20-13-14-20)31-25(34)21(17-23(33)40-29(2,3)4)30-28(37)39-18-19-10-7-6-8-11-19/h5-8,10-11,20-22,24H,1,9,12-18H2,2-4H3,(H,30,37)(H,31,34)/t21-,22+,24?/m0/s1. The van der Waals surface area contributed by atoms with Gasteiger partial charge in [-0.1, -0.05) is 43.0 Å². The Hall–Kier alpha value is -3.89. The number of carbonyl (C=O) groups is 5. The SMILES string of the molecule is C=CCOC(=O)[C@H]1CCCN1C(=O)C(NC(=O)[C@H](CC(=O)OC(C)(C)C)NC(=O)OCc1ccccc1)C1CC1. The lowest BCUT2D eigenvalue weighted by Crippen LogP contribution is -2.57. The lowest BCUT2D eigenvalue weighted by molar-refractivity contribution is -0.156. The Bertz CT molecular complexity index is 1080. The molecule has 3 amide bonds. The summed E-state index contributed by atoms with van der Waals surface area (Å²) in [5, 5.41) is 5.17. The van der Waals surface area contributed by atoms with E-state index in [0.717, 1.165) is 18.4 Å². The van der Waals surface area contributed by atoms with Crippen molar-refractivity contribution in [3.05, 3.63) is 48.6 Å². The van der Waals surface area contributed by atoms with Crippen LogP contribution in [0.3, 0.4) is 0 Å². The van der Waals surface area contributed by atoms with Gasteiger partial charge in [-0.05, 0) is 57.9 Å². The van der Waals surface area contributed by atoms with Crippen LogP contribution in [0.4, 0.5) is 4.79 Å². The van der Waals surface area contributed by atoms with Crippen molar-refractivity contribution in [2.75, 3.05) is 13.2 Å². The van der Waals surface area contributed by atoms with Gasteiger partial charge in [-0.2, -0.15) is 0 Å². The number of carbonyl (C=O) groups excluding carboxylic acids is 5. The third kappa shape index (κ3) is 9.39. The van der Waals surface area contributed by atoms with E-state index in [9.17, 15) is 24.0 Å². The Morgan fingerprint density at radius 3 is 2.38 bits per heavy atom. The van der Waals surface area contributed by atoms with Crippen LogP contribution in [0.25, 0.3) is 0 Å². The molecule has 11 nitrogen and oxygen atoms in total. The third-order valence-corrected chi connectivity index (χ3v) is 6.42. The number of amides is 3. The van der Waals surface area contributed by atoms with Crippen LogP contribution in [-0.2, 0) is 40.0 Å². The van der Waals surface area contributed by atoms with Gasteiger partial charge in [0, 0.05) is 6.54 Å². The molecular weight excluding hydrogens is 518 g/mol. The second-order valence-corrected chi connectivity index (χ2v) is 11.0. The summed E-state index contributed by atoms with van der Waals surface area (Å²) in [6.45, 7) is 8.97. The Labute approximate surface area is 234 Å². The Morgan fingerprint density at radius 1 is 1.05 bits per heavy atom. The first-order chi connectivity index (χ1) is 19.0. The van der Waals surface area contributed by atoms with Gasteiger partial charge >= 0.3 is 18.0 Å². The highest BCUT2D eigenvalue weighted by Gasteiger charge is 2.45. The van der Waals surface area contributed by atoms with Crippen molar-refractivity contribution in [1.82, 2.24) is 15.5 Å². The maximum absolute atomic E-state index is 13.5. The van der Waals surface area contributed by atoms with Crippen molar-refractivity contribution in [3.63, 3.8) is 0 Å². The van der Waals surface area contributed by atoms with Gasteiger partial charge in [-0.25, -0.2) is 9.59 Å². The molecule has 2 aliphatic rings.